The van der Waals surface area contributed by atoms with Crippen molar-refractivity contribution in [2.45, 2.75) is 45.8 Å². The van der Waals surface area contributed by atoms with Crippen molar-refractivity contribution < 1.29 is 19.1 Å². The van der Waals surface area contributed by atoms with Gasteiger partial charge in [-0.1, -0.05) is 83.9 Å². The fourth-order valence-corrected chi connectivity index (χ4v) is 6.13. The van der Waals surface area contributed by atoms with Crippen molar-refractivity contribution in [1.29, 1.82) is 0 Å². The van der Waals surface area contributed by atoms with Crippen LogP contribution in [0, 0.1) is 27.7 Å². The van der Waals surface area contributed by atoms with Gasteiger partial charge in [0.25, 0.3) is 11.7 Å². The fourth-order valence-electron chi connectivity index (χ4n) is 6.13. The molecular weight excluding hydrogens is 510 g/mol. The Morgan fingerprint density at radius 3 is 2.07 bits per heavy atom. The molecular formula is C36H31NO4. The Balaban J connectivity index is 1.73. The van der Waals surface area contributed by atoms with E-state index in [1.54, 1.807) is 12.1 Å². The summed E-state index contributed by atoms with van der Waals surface area (Å²) in [6, 6.07) is 30.3. The molecule has 5 nitrogen and oxygen atoms in total. The van der Waals surface area contributed by atoms with Crippen LogP contribution in [0.15, 0.2) is 103 Å². The van der Waals surface area contributed by atoms with Gasteiger partial charge in [0.05, 0.1) is 5.57 Å². The number of nitrogens with zero attached hydrogens (tertiary/aromatic N) is 1. The third-order valence-electron chi connectivity index (χ3n) is 8.22. The van der Waals surface area contributed by atoms with Gasteiger partial charge in [0.15, 0.2) is 5.78 Å². The minimum Gasteiger partial charge on any atom is -0.484 e. The summed E-state index contributed by atoms with van der Waals surface area (Å²) in [5, 5.41) is 0. The third kappa shape index (κ3) is 4.20. The number of fused-ring (bicyclic) bond motifs is 1. The summed E-state index contributed by atoms with van der Waals surface area (Å²) in [6.07, 6.45) is -0.493. The van der Waals surface area contributed by atoms with Crippen LogP contribution < -0.4 is 4.90 Å². The molecule has 0 radical (unpaired) electrons. The zero-order valence-electron chi connectivity index (χ0n) is 23.6. The number of carbonyl (C=O) groups excluding carboxylic acids is 3. The van der Waals surface area contributed by atoms with E-state index in [9.17, 15) is 9.59 Å². The molecule has 2 unspecified atom stereocenters. The summed E-state index contributed by atoms with van der Waals surface area (Å²) in [5.41, 5.74) is 4.61. The lowest BCUT2D eigenvalue weighted by molar-refractivity contribution is -0.132. The number of amides is 1. The van der Waals surface area contributed by atoms with Gasteiger partial charge >= 0.3 is 0 Å². The second-order valence-electron chi connectivity index (χ2n) is 11.1. The molecule has 2 atom stereocenters. The maximum absolute atomic E-state index is 15.1. The van der Waals surface area contributed by atoms with Crippen LogP contribution in [-0.4, -0.2) is 23.0 Å². The number of anilines is 1. The van der Waals surface area contributed by atoms with E-state index in [-0.39, 0.29) is 17.8 Å². The van der Waals surface area contributed by atoms with Gasteiger partial charge in [-0.3, -0.25) is 19.3 Å². The number of ether oxygens (including phenoxy) is 1. The topological polar surface area (TPSA) is 63.7 Å². The van der Waals surface area contributed by atoms with E-state index in [4.69, 9.17) is 4.74 Å². The number of hydrogen-bond acceptors (Lipinski definition) is 4. The minimum atomic E-state index is -1.61. The molecule has 0 spiro atoms. The molecule has 2 heterocycles. The lowest BCUT2D eigenvalue weighted by atomic mass is 9.73. The van der Waals surface area contributed by atoms with Gasteiger partial charge in [-0.05, 0) is 68.7 Å². The van der Waals surface area contributed by atoms with Crippen LogP contribution in [0.5, 0.6) is 0 Å². The minimum absolute atomic E-state index is 0.0965. The number of benzene rings is 4. The standard InChI is InChI=1S/C36H31NO4/c1-22-15-17-24(3)28(19-22)33-31-32(38)35(40)37(27-13-9-6-10-14-27)36(31,21-30(41-33)26-11-7-5-8-12-26)34(39)29-20-23(2)16-18-25(29)4/h5-20,30H,21H2,1-4H3. The Hall–Kier alpha value is -4.77. The van der Waals surface area contributed by atoms with E-state index < -0.39 is 23.3 Å². The summed E-state index contributed by atoms with van der Waals surface area (Å²) >= 11 is 0. The van der Waals surface area contributed by atoms with Gasteiger partial charge < -0.3 is 4.74 Å². The maximum atomic E-state index is 15.1. The van der Waals surface area contributed by atoms with Crippen molar-refractivity contribution >= 4 is 28.9 Å². The van der Waals surface area contributed by atoms with Gasteiger partial charge in [-0.25, -0.2) is 0 Å². The number of hydrogen-bond donors (Lipinski definition) is 0. The van der Waals surface area contributed by atoms with E-state index in [1.165, 1.54) is 4.90 Å². The molecule has 2 aliphatic heterocycles. The van der Waals surface area contributed by atoms with Gasteiger partial charge in [0.1, 0.15) is 17.4 Å². The number of aryl methyl sites for hydroxylation is 4. The summed E-state index contributed by atoms with van der Waals surface area (Å²) in [4.78, 5) is 44.8. The number of carbonyl (C=O) groups is 3. The van der Waals surface area contributed by atoms with Crippen LogP contribution in [0.4, 0.5) is 5.69 Å². The molecule has 2 aliphatic rings. The predicted octanol–water partition coefficient (Wildman–Crippen LogP) is 7.03. The van der Waals surface area contributed by atoms with Crippen molar-refractivity contribution in [3.8, 4) is 0 Å². The largest absolute Gasteiger partial charge is 0.484 e. The second-order valence-corrected chi connectivity index (χ2v) is 11.1. The second kappa shape index (κ2) is 10.0. The van der Waals surface area contributed by atoms with Crippen molar-refractivity contribution in [1.82, 2.24) is 0 Å². The normalized spacial score (nSPS) is 20.2. The molecule has 1 saturated heterocycles. The highest BCUT2D eigenvalue weighted by molar-refractivity contribution is 6.55. The molecule has 204 valence electrons. The first-order chi connectivity index (χ1) is 19.7. The first kappa shape index (κ1) is 26.5. The molecule has 0 N–H and O–H groups in total. The third-order valence-corrected chi connectivity index (χ3v) is 8.22. The van der Waals surface area contributed by atoms with Crippen LogP contribution in [0.1, 0.15) is 56.3 Å². The predicted molar refractivity (Wildman–Crippen MR) is 160 cm³/mol. The Bertz CT molecular complexity index is 1740. The molecule has 4 aromatic carbocycles. The molecule has 4 aromatic rings. The SMILES string of the molecule is Cc1ccc(C)c(C(=O)C23CC(c4ccccc4)OC(c4cc(C)ccc4C)=C2C(=O)C(=O)N3c2ccccc2)c1. The fraction of sp³-hybridized carbons (Fsp3) is 0.194. The smallest absolute Gasteiger partial charge is 0.300 e. The van der Waals surface area contributed by atoms with E-state index in [0.29, 0.717) is 22.6 Å². The number of Topliss-reactive ketones (excluding diaryl/α,β-unsaturated/α-hetero) is 2. The number of para-hydroxylation sites is 1. The highest BCUT2D eigenvalue weighted by Gasteiger charge is 2.64. The lowest BCUT2D eigenvalue weighted by Gasteiger charge is -2.44. The van der Waals surface area contributed by atoms with Gasteiger partial charge in [0.2, 0.25) is 0 Å². The van der Waals surface area contributed by atoms with Crippen molar-refractivity contribution in [3.63, 3.8) is 0 Å². The van der Waals surface area contributed by atoms with Crippen molar-refractivity contribution in [3.05, 3.63) is 142 Å². The molecule has 0 aromatic heterocycles. The van der Waals surface area contributed by atoms with Crippen LogP contribution in [-0.2, 0) is 14.3 Å². The van der Waals surface area contributed by atoms with Gasteiger partial charge in [-0.15, -0.1) is 0 Å². The molecule has 41 heavy (non-hydrogen) atoms. The van der Waals surface area contributed by atoms with Crippen LogP contribution in [0.3, 0.4) is 0 Å². The Kier molecular flexibility index (Phi) is 6.46. The molecule has 5 heteroatoms. The van der Waals surface area contributed by atoms with Crippen LogP contribution in [0.2, 0.25) is 0 Å². The van der Waals surface area contributed by atoms with E-state index >= 15 is 4.79 Å². The van der Waals surface area contributed by atoms with E-state index in [1.807, 2.05) is 113 Å². The Labute approximate surface area is 240 Å². The average Bonchev–Trinajstić information content (AvgIpc) is 3.22. The monoisotopic (exact) mass is 541 g/mol. The summed E-state index contributed by atoms with van der Waals surface area (Å²) in [6.45, 7) is 7.74. The highest BCUT2D eigenvalue weighted by atomic mass is 16.5. The first-order valence-corrected chi connectivity index (χ1v) is 13.8. The lowest BCUT2D eigenvalue weighted by Crippen LogP contribution is -2.56. The first-order valence-electron chi connectivity index (χ1n) is 13.8. The van der Waals surface area contributed by atoms with Crippen molar-refractivity contribution in [2.24, 2.45) is 0 Å². The Morgan fingerprint density at radius 1 is 0.780 bits per heavy atom. The maximum Gasteiger partial charge on any atom is 0.300 e. The van der Waals surface area contributed by atoms with Crippen molar-refractivity contribution in [2.75, 3.05) is 4.90 Å². The van der Waals surface area contributed by atoms with E-state index in [0.717, 1.165) is 27.8 Å². The molecule has 1 fully saturated rings. The van der Waals surface area contributed by atoms with E-state index in [2.05, 4.69) is 0 Å². The average molecular weight is 542 g/mol. The van der Waals surface area contributed by atoms with Gasteiger partial charge in [-0.2, -0.15) is 0 Å². The summed E-state index contributed by atoms with van der Waals surface area (Å²) in [7, 11) is 0. The molecule has 0 aliphatic carbocycles. The molecule has 0 bridgehead atoms. The highest BCUT2D eigenvalue weighted by Crippen LogP contribution is 2.53. The number of ketones is 2. The van der Waals surface area contributed by atoms with Crippen LogP contribution >= 0.6 is 0 Å². The zero-order valence-corrected chi connectivity index (χ0v) is 23.6. The zero-order chi connectivity index (χ0) is 28.9. The summed E-state index contributed by atoms with van der Waals surface area (Å²) in [5.74, 6) is -1.44. The number of rotatable bonds is 5. The van der Waals surface area contributed by atoms with Crippen LogP contribution in [0.25, 0.3) is 5.76 Å². The molecule has 1 amide bonds. The van der Waals surface area contributed by atoms with Gasteiger partial charge in [0, 0.05) is 23.2 Å². The Morgan fingerprint density at radius 2 is 1.39 bits per heavy atom. The quantitative estimate of drug-likeness (QED) is 0.201. The summed E-state index contributed by atoms with van der Waals surface area (Å²) < 4.78 is 6.70. The molecule has 0 saturated carbocycles. The molecule has 6 rings (SSSR count).